The number of hydrogen-bond acceptors (Lipinski definition) is 8. The zero-order valence-electron chi connectivity index (χ0n) is 27.1. The van der Waals surface area contributed by atoms with Gasteiger partial charge in [-0.3, -0.25) is 9.59 Å². The Kier molecular flexibility index (Phi) is 13.3. The molecule has 47 heavy (non-hydrogen) atoms. The molecule has 4 N–H and O–H groups in total. The van der Waals surface area contributed by atoms with E-state index >= 15 is 0 Å². The third-order valence-corrected chi connectivity index (χ3v) is 9.05. The van der Waals surface area contributed by atoms with Crippen molar-refractivity contribution in [2.75, 3.05) is 78.9 Å². The van der Waals surface area contributed by atoms with E-state index in [1.165, 1.54) is 11.1 Å². The molecule has 3 fully saturated rings. The van der Waals surface area contributed by atoms with E-state index in [4.69, 9.17) is 24.7 Å². The molecule has 0 radical (unpaired) electrons. The van der Waals surface area contributed by atoms with E-state index in [-0.39, 0.29) is 48.9 Å². The van der Waals surface area contributed by atoms with Gasteiger partial charge in [-0.2, -0.15) is 0 Å². The molecule has 12 heteroatoms. The van der Waals surface area contributed by atoms with Gasteiger partial charge in [0, 0.05) is 45.1 Å². The number of piperidine rings is 2. The van der Waals surface area contributed by atoms with Crippen molar-refractivity contribution in [2.45, 2.75) is 43.7 Å². The summed E-state index contributed by atoms with van der Waals surface area (Å²) >= 11 is 0. The Morgan fingerprint density at radius 3 is 2.45 bits per heavy atom. The standard InChI is InChI=1S/C35H49N5O7/c36-13-19-45-22-21-44-18-12-32(41)37-14-20-46-29-8-4-7-28(23-29)34(26-5-2-1-3-6-26)27-9-15-39(16-10-27)35(43)40-17-11-31-30(24-40)38-33(42)25-47-31/h1-8,23,27,30-31,34H,9-22,24-25,36H2,(H,37,41)(H,38,42)/t30-,31+,34+/m1/s1. The van der Waals surface area contributed by atoms with E-state index in [1.54, 1.807) is 0 Å². The summed E-state index contributed by atoms with van der Waals surface area (Å²) in [7, 11) is 0. The molecule has 3 aliphatic heterocycles. The average molecular weight is 652 g/mol. The van der Waals surface area contributed by atoms with Gasteiger partial charge < -0.3 is 45.1 Å². The summed E-state index contributed by atoms with van der Waals surface area (Å²) in [6.07, 6.45) is 2.76. The molecular formula is C35H49N5O7. The van der Waals surface area contributed by atoms with Gasteiger partial charge in [0.15, 0.2) is 0 Å². The smallest absolute Gasteiger partial charge is 0.320 e. The van der Waals surface area contributed by atoms with E-state index in [0.717, 1.165) is 25.0 Å². The molecule has 5 rings (SSSR count). The van der Waals surface area contributed by atoms with Gasteiger partial charge in [-0.15, -0.1) is 0 Å². The summed E-state index contributed by atoms with van der Waals surface area (Å²) in [4.78, 5) is 41.3. The molecule has 3 saturated heterocycles. The van der Waals surface area contributed by atoms with Crippen LogP contribution in [0.2, 0.25) is 0 Å². The van der Waals surface area contributed by atoms with Crippen molar-refractivity contribution in [1.82, 2.24) is 20.4 Å². The maximum absolute atomic E-state index is 13.5. The predicted octanol–water partition coefficient (Wildman–Crippen LogP) is 2.12. The molecule has 3 atom stereocenters. The molecule has 0 unspecified atom stereocenters. The van der Waals surface area contributed by atoms with Gasteiger partial charge >= 0.3 is 6.03 Å². The number of likely N-dealkylation sites (tertiary alicyclic amines) is 2. The van der Waals surface area contributed by atoms with Crippen LogP contribution in [0, 0.1) is 5.92 Å². The normalized spacial score (nSPS) is 20.7. The topological polar surface area (TPSA) is 145 Å². The van der Waals surface area contributed by atoms with Crippen LogP contribution in [0.4, 0.5) is 4.79 Å². The highest BCUT2D eigenvalue weighted by molar-refractivity contribution is 5.79. The monoisotopic (exact) mass is 651 g/mol. The Morgan fingerprint density at radius 1 is 0.915 bits per heavy atom. The van der Waals surface area contributed by atoms with Gasteiger partial charge in [-0.05, 0) is 48.4 Å². The fourth-order valence-corrected chi connectivity index (χ4v) is 6.71. The van der Waals surface area contributed by atoms with E-state index < -0.39 is 0 Å². The summed E-state index contributed by atoms with van der Waals surface area (Å²) in [6.45, 7) is 5.56. The molecule has 0 aliphatic carbocycles. The summed E-state index contributed by atoms with van der Waals surface area (Å²) in [5.41, 5.74) is 7.79. The Labute approximate surface area is 277 Å². The van der Waals surface area contributed by atoms with Gasteiger partial charge in [0.05, 0.1) is 45.1 Å². The van der Waals surface area contributed by atoms with Crippen molar-refractivity contribution >= 4 is 17.8 Å². The van der Waals surface area contributed by atoms with E-state index in [9.17, 15) is 14.4 Å². The number of carbonyl (C=O) groups is 3. The lowest BCUT2D eigenvalue weighted by molar-refractivity contribution is -0.139. The van der Waals surface area contributed by atoms with Crippen LogP contribution in [0.5, 0.6) is 5.75 Å². The maximum Gasteiger partial charge on any atom is 0.320 e. The number of urea groups is 1. The molecule has 0 bridgehead atoms. The lowest BCUT2D eigenvalue weighted by Crippen LogP contribution is -2.62. The van der Waals surface area contributed by atoms with Gasteiger partial charge in [0.2, 0.25) is 11.8 Å². The third kappa shape index (κ3) is 10.1. The van der Waals surface area contributed by atoms with Crippen LogP contribution in [-0.4, -0.2) is 119 Å². The molecule has 0 saturated carbocycles. The number of carbonyl (C=O) groups excluding carboxylic acids is 3. The lowest BCUT2D eigenvalue weighted by atomic mass is 9.76. The van der Waals surface area contributed by atoms with Crippen LogP contribution in [0.25, 0.3) is 0 Å². The molecule has 3 heterocycles. The number of nitrogens with zero attached hydrogens (tertiary/aromatic N) is 2. The molecule has 2 aromatic rings. The first-order valence-corrected chi connectivity index (χ1v) is 16.9. The second-order valence-corrected chi connectivity index (χ2v) is 12.3. The molecule has 2 aromatic carbocycles. The average Bonchev–Trinajstić information content (AvgIpc) is 3.10. The largest absolute Gasteiger partial charge is 0.492 e. The van der Waals surface area contributed by atoms with Gasteiger partial charge in [-0.1, -0.05) is 42.5 Å². The van der Waals surface area contributed by atoms with Crippen molar-refractivity contribution in [2.24, 2.45) is 11.7 Å². The van der Waals surface area contributed by atoms with E-state index in [0.29, 0.717) is 78.2 Å². The van der Waals surface area contributed by atoms with Gasteiger partial charge in [0.25, 0.3) is 0 Å². The van der Waals surface area contributed by atoms with Crippen LogP contribution < -0.4 is 21.1 Å². The highest BCUT2D eigenvalue weighted by atomic mass is 16.5. The number of nitrogens with two attached hydrogens (primary N) is 1. The number of benzene rings is 2. The molecule has 0 spiro atoms. The first-order chi connectivity index (χ1) is 23.0. The number of rotatable bonds is 15. The van der Waals surface area contributed by atoms with Gasteiger partial charge in [0.1, 0.15) is 19.0 Å². The van der Waals surface area contributed by atoms with Crippen molar-refractivity contribution in [3.05, 3.63) is 65.7 Å². The van der Waals surface area contributed by atoms with Gasteiger partial charge in [-0.25, -0.2) is 4.79 Å². The minimum Gasteiger partial charge on any atom is -0.492 e. The van der Waals surface area contributed by atoms with Crippen LogP contribution in [0.15, 0.2) is 54.6 Å². The van der Waals surface area contributed by atoms with Crippen LogP contribution >= 0.6 is 0 Å². The van der Waals surface area contributed by atoms with Crippen molar-refractivity contribution in [1.29, 1.82) is 0 Å². The number of nitrogens with one attached hydrogen (secondary N) is 2. The highest BCUT2D eigenvalue weighted by Gasteiger charge is 2.38. The number of morpholine rings is 1. The lowest BCUT2D eigenvalue weighted by Gasteiger charge is -2.44. The fraction of sp³-hybridized carbons (Fsp3) is 0.571. The molecular weight excluding hydrogens is 602 g/mol. The zero-order valence-corrected chi connectivity index (χ0v) is 27.1. The number of fused-ring (bicyclic) bond motifs is 1. The number of ether oxygens (including phenoxy) is 4. The molecule has 0 aromatic heterocycles. The minimum absolute atomic E-state index is 0.0179. The molecule has 12 nitrogen and oxygen atoms in total. The van der Waals surface area contributed by atoms with Crippen molar-refractivity contribution in [3.63, 3.8) is 0 Å². The summed E-state index contributed by atoms with van der Waals surface area (Å²) in [5, 5.41) is 5.87. The second-order valence-electron chi connectivity index (χ2n) is 12.3. The Balaban J connectivity index is 1.11. The number of amides is 4. The Bertz CT molecular complexity index is 1290. The maximum atomic E-state index is 13.5. The quantitative estimate of drug-likeness (QED) is 0.249. The SMILES string of the molecule is NCCOCCOCCC(=O)NCCOc1cccc([C@@H](c2ccccc2)C2CCN(C(=O)N3CC[C@@H]4OCC(=O)N[C@@H]4C3)CC2)c1. The van der Waals surface area contributed by atoms with Crippen molar-refractivity contribution in [3.8, 4) is 5.75 Å². The van der Waals surface area contributed by atoms with Crippen LogP contribution in [0.3, 0.4) is 0 Å². The molecule has 4 amide bonds. The molecule has 3 aliphatic rings. The third-order valence-electron chi connectivity index (χ3n) is 9.05. The number of hydrogen-bond donors (Lipinski definition) is 3. The first-order valence-electron chi connectivity index (χ1n) is 16.9. The summed E-state index contributed by atoms with van der Waals surface area (Å²) in [5.74, 6) is 1.06. The summed E-state index contributed by atoms with van der Waals surface area (Å²) in [6, 6.07) is 18.6. The van der Waals surface area contributed by atoms with Crippen LogP contribution in [-0.2, 0) is 23.8 Å². The van der Waals surface area contributed by atoms with Crippen molar-refractivity contribution < 1.29 is 33.3 Å². The van der Waals surface area contributed by atoms with Crippen LogP contribution in [0.1, 0.15) is 42.7 Å². The summed E-state index contributed by atoms with van der Waals surface area (Å²) < 4.78 is 22.4. The second kappa shape index (κ2) is 18.0. The Morgan fingerprint density at radius 2 is 1.66 bits per heavy atom. The highest BCUT2D eigenvalue weighted by Crippen LogP contribution is 2.39. The first kappa shape index (κ1) is 34.6. The van der Waals surface area contributed by atoms with E-state index in [2.05, 4.69) is 47.0 Å². The Hall–Kier alpha value is -3.71. The fourth-order valence-electron chi connectivity index (χ4n) is 6.71. The zero-order chi connectivity index (χ0) is 32.8. The molecule has 256 valence electrons. The minimum atomic E-state index is -0.142. The predicted molar refractivity (Wildman–Crippen MR) is 176 cm³/mol. The van der Waals surface area contributed by atoms with E-state index in [1.807, 2.05) is 28.0 Å².